The SMILES string of the molecule is CC[C@H](C(=O)NC[C@@H](C)Cn1ccc(C)n1)n1nc(C(F)(F)F)c2c1CCC2. The van der Waals surface area contributed by atoms with Crippen LogP contribution in [0.2, 0.25) is 0 Å². The van der Waals surface area contributed by atoms with Gasteiger partial charge in [0.2, 0.25) is 5.91 Å². The van der Waals surface area contributed by atoms with Crippen molar-refractivity contribution in [1.29, 1.82) is 0 Å². The Bertz CT molecular complexity index is 839. The molecule has 0 saturated heterocycles. The highest BCUT2D eigenvalue weighted by Gasteiger charge is 2.41. The fourth-order valence-corrected chi connectivity index (χ4v) is 3.76. The summed E-state index contributed by atoms with van der Waals surface area (Å²) in [4.78, 5) is 12.7. The number of carbonyl (C=O) groups is 1. The minimum Gasteiger partial charge on any atom is -0.354 e. The highest BCUT2D eigenvalue weighted by molar-refractivity contribution is 5.80. The maximum absolute atomic E-state index is 13.3. The Morgan fingerprint density at radius 3 is 2.68 bits per heavy atom. The number of nitrogens with zero attached hydrogens (tertiary/aromatic N) is 4. The standard InChI is InChI=1S/C19H26F3N5O/c1-4-15(18(28)23-10-12(2)11-26-9-8-13(3)24-26)27-16-7-5-6-14(16)17(25-27)19(20,21)22/h8-9,12,15H,4-7,10-11H2,1-3H3,(H,23,28)/t12-,15-/m1/s1. The predicted molar refractivity (Wildman–Crippen MR) is 97.7 cm³/mol. The Kier molecular flexibility index (Phi) is 5.81. The molecule has 1 aliphatic carbocycles. The van der Waals surface area contributed by atoms with Gasteiger partial charge in [-0.25, -0.2) is 0 Å². The molecule has 0 spiro atoms. The lowest BCUT2D eigenvalue weighted by atomic mass is 10.1. The average Bonchev–Trinajstić information content (AvgIpc) is 3.30. The number of alkyl halides is 3. The fourth-order valence-electron chi connectivity index (χ4n) is 3.76. The van der Waals surface area contributed by atoms with Gasteiger partial charge in [0.25, 0.3) is 0 Å². The number of hydrogen-bond donors (Lipinski definition) is 1. The van der Waals surface area contributed by atoms with Crippen LogP contribution in [0.4, 0.5) is 13.2 Å². The zero-order chi connectivity index (χ0) is 20.5. The molecule has 9 heteroatoms. The second-order valence-corrected chi connectivity index (χ2v) is 7.52. The van der Waals surface area contributed by atoms with Gasteiger partial charge >= 0.3 is 6.18 Å². The molecular weight excluding hydrogens is 371 g/mol. The zero-order valence-electron chi connectivity index (χ0n) is 16.4. The molecule has 1 amide bonds. The van der Waals surface area contributed by atoms with Crippen LogP contribution >= 0.6 is 0 Å². The molecule has 1 aliphatic rings. The summed E-state index contributed by atoms with van der Waals surface area (Å²) in [6.45, 7) is 6.76. The van der Waals surface area contributed by atoms with Gasteiger partial charge in [0.15, 0.2) is 5.69 Å². The van der Waals surface area contributed by atoms with Crippen LogP contribution in [0.15, 0.2) is 12.3 Å². The van der Waals surface area contributed by atoms with Gasteiger partial charge in [-0.2, -0.15) is 23.4 Å². The first-order valence-corrected chi connectivity index (χ1v) is 9.66. The monoisotopic (exact) mass is 397 g/mol. The zero-order valence-corrected chi connectivity index (χ0v) is 16.4. The molecule has 3 rings (SSSR count). The van der Waals surface area contributed by atoms with Gasteiger partial charge in [-0.3, -0.25) is 14.2 Å². The van der Waals surface area contributed by atoms with E-state index in [9.17, 15) is 18.0 Å². The van der Waals surface area contributed by atoms with Crippen molar-refractivity contribution in [2.45, 2.75) is 65.2 Å². The van der Waals surface area contributed by atoms with Crippen molar-refractivity contribution in [3.05, 3.63) is 34.9 Å². The molecule has 1 N–H and O–H groups in total. The summed E-state index contributed by atoms with van der Waals surface area (Å²) in [6, 6.07) is 1.18. The van der Waals surface area contributed by atoms with Crippen molar-refractivity contribution in [3.63, 3.8) is 0 Å². The second-order valence-electron chi connectivity index (χ2n) is 7.52. The van der Waals surface area contributed by atoms with E-state index in [2.05, 4.69) is 15.5 Å². The van der Waals surface area contributed by atoms with Gasteiger partial charge in [0, 0.05) is 30.5 Å². The van der Waals surface area contributed by atoms with Crippen LogP contribution in [0.25, 0.3) is 0 Å². The predicted octanol–water partition coefficient (Wildman–Crippen LogP) is 3.30. The van der Waals surface area contributed by atoms with Gasteiger partial charge in [-0.15, -0.1) is 0 Å². The quantitative estimate of drug-likeness (QED) is 0.780. The first-order valence-electron chi connectivity index (χ1n) is 9.66. The topological polar surface area (TPSA) is 64.7 Å². The van der Waals surface area contributed by atoms with Crippen LogP contribution in [-0.4, -0.2) is 32.0 Å². The molecule has 0 fully saturated rings. The molecule has 2 aromatic heterocycles. The number of carbonyl (C=O) groups excluding carboxylic acids is 1. The average molecular weight is 397 g/mol. The Morgan fingerprint density at radius 1 is 1.32 bits per heavy atom. The van der Waals surface area contributed by atoms with Crippen LogP contribution in [0.5, 0.6) is 0 Å². The molecule has 0 aromatic carbocycles. The van der Waals surface area contributed by atoms with Gasteiger partial charge in [0.05, 0.1) is 5.69 Å². The normalized spacial score (nSPS) is 16.1. The summed E-state index contributed by atoms with van der Waals surface area (Å²) in [5.41, 5.74) is 0.888. The smallest absolute Gasteiger partial charge is 0.354 e. The highest BCUT2D eigenvalue weighted by Crippen LogP contribution is 2.37. The molecule has 0 unspecified atom stereocenters. The van der Waals surface area contributed by atoms with Crippen molar-refractivity contribution < 1.29 is 18.0 Å². The van der Waals surface area contributed by atoms with E-state index in [4.69, 9.17) is 0 Å². The molecule has 2 atom stereocenters. The highest BCUT2D eigenvalue weighted by atomic mass is 19.4. The summed E-state index contributed by atoms with van der Waals surface area (Å²) >= 11 is 0. The van der Waals surface area contributed by atoms with E-state index in [1.165, 1.54) is 4.68 Å². The molecule has 0 saturated carbocycles. The summed E-state index contributed by atoms with van der Waals surface area (Å²) in [5, 5.41) is 11.0. The van der Waals surface area contributed by atoms with E-state index in [1.807, 2.05) is 30.8 Å². The summed E-state index contributed by atoms with van der Waals surface area (Å²) in [6.07, 6.45) is -0.683. The first-order chi connectivity index (χ1) is 13.2. The van der Waals surface area contributed by atoms with Crippen LogP contribution < -0.4 is 5.32 Å². The second kappa shape index (κ2) is 7.97. The lowest BCUT2D eigenvalue weighted by molar-refractivity contribution is -0.142. The third-order valence-electron chi connectivity index (χ3n) is 5.11. The van der Waals surface area contributed by atoms with Crippen molar-refractivity contribution in [1.82, 2.24) is 24.9 Å². The number of rotatable bonds is 7. The van der Waals surface area contributed by atoms with Crippen molar-refractivity contribution in [3.8, 4) is 0 Å². The Labute approximate surface area is 162 Å². The van der Waals surface area contributed by atoms with Gasteiger partial charge in [-0.1, -0.05) is 13.8 Å². The van der Waals surface area contributed by atoms with Crippen LogP contribution in [-0.2, 0) is 30.4 Å². The largest absolute Gasteiger partial charge is 0.435 e. The summed E-state index contributed by atoms with van der Waals surface area (Å²) in [7, 11) is 0. The van der Waals surface area contributed by atoms with Gasteiger partial charge in [0.1, 0.15) is 6.04 Å². The lowest BCUT2D eigenvalue weighted by Crippen LogP contribution is -2.36. The van der Waals surface area contributed by atoms with Crippen LogP contribution in [0.1, 0.15) is 55.4 Å². The van der Waals surface area contributed by atoms with Crippen LogP contribution in [0, 0.1) is 12.8 Å². The summed E-state index contributed by atoms with van der Waals surface area (Å²) in [5.74, 6) is -0.160. The molecular formula is C19H26F3N5O. The first kappa shape index (κ1) is 20.4. The third-order valence-corrected chi connectivity index (χ3v) is 5.11. The number of aryl methyl sites for hydroxylation is 1. The number of nitrogens with one attached hydrogen (secondary N) is 1. The van der Waals surface area contributed by atoms with Crippen LogP contribution in [0.3, 0.4) is 0 Å². The van der Waals surface area contributed by atoms with E-state index in [1.54, 1.807) is 6.92 Å². The molecule has 0 radical (unpaired) electrons. The van der Waals surface area contributed by atoms with E-state index in [0.717, 1.165) is 5.69 Å². The number of aromatic nitrogens is 4. The minimum atomic E-state index is -4.50. The molecule has 154 valence electrons. The number of amides is 1. The Morgan fingerprint density at radius 2 is 2.07 bits per heavy atom. The lowest BCUT2D eigenvalue weighted by Gasteiger charge is -2.20. The molecule has 2 heterocycles. The number of fused-ring (bicyclic) bond motifs is 1. The van der Waals surface area contributed by atoms with Gasteiger partial charge in [-0.05, 0) is 44.6 Å². The van der Waals surface area contributed by atoms with E-state index in [-0.39, 0.29) is 17.4 Å². The van der Waals surface area contributed by atoms with E-state index in [0.29, 0.717) is 44.5 Å². The van der Waals surface area contributed by atoms with E-state index >= 15 is 0 Å². The van der Waals surface area contributed by atoms with Gasteiger partial charge < -0.3 is 5.32 Å². The molecule has 6 nitrogen and oxygen atoms in total. The van der Waals surface area contributed by atoms with E-state index < -0.39 is 17.9 Å². The molecule has 2 aromatic rings. The third kappa shape index (κ3) is 4.23. The summed E-state index contributed by atoms with van der Waals surface area (Å²) < 4.78 is 43.0. The minimum absolute atomic E-state index is 0.134. The Balaban J connectivity index is 1.69. The fraction of sp³-hybridized carbons (Fsp3) is 0.632. The van der Waals surface area contributed by atoms with Crippen molar-refractivity contribution in [2.24, 2.45) is 5.92 Å². The number of halogens is 3. The number of hydrogen-bond acceptors (Lipinski definition) is 3. The maximum Gasteiger partial charge on any atom is 0.435 e. The molecule has 0 bridgehead atoms. The maximum atomic E-state index is 13.3. The molecule has 28 heavy (non-hydrogen) atoms. The molecule has 0 aliphatic heterocycles. The van der Waals surface area contributed by atoms with Crippen molar-refractivity contribution >= 4 is 5.91 Å². The Hall–Kier alpha value is -2.32. The van der Waals surface area contributed by atoms with Crippen molar-refractivity contribution in [2.75, 3.05) is 6.54 Å².